The van der Waals surface area contributed by atoms with Gasteiger partial charge in [-0.1, -0.05) is 23.9 Å². The first-order valence-electron chi connectivity index (χ1n) is 5.87. The molecule has 1 N–H and O–H groups in total. The number of aromatic amines is 1. The molecule has 0 spiro atoms. The molecular formula is C14H12N2OS2. The largest absolute Gasteiger partial charge is 0.326 e. The molecule has 0 fully saturated rings. The second-order valence-electron chi connectivity index (χ2n) is 4.34. The van der Waals surface area contributed by atoms with Crippen LogP contribution >= 0.6 is 23.1 Å². The van der Waals surface area contributed by atoms with Gasteiger partial charge in [-0.2, -0.15) is 0 Å². The number of thiazole rings is 1. The zero-order valence-corrected chi connectivity index (χ0v) is 12.2. The molecule has 3 rings (SSSR count). The van der Waals surface area contributed by atoms with E-state index in [1.54, 1.807) is 11.3 Å². The zero-order chi connectivity index (χ0) is 13.4. The average Bonchev–Trinajstić information content (AvgIpc) is 2.76. The summed E-state index contributed by atoms with van der Waals surface area (Å²) in [5, 5.41) is 0. The lowest BCUT2D eigenvalue weighted by Crippen LogP contribution is -2.11. The number of pyridine rings is 1. The maximum atomic E-state index is 12.0. The van der Waals surface area contributed by atoms with Gasteiger partial charge in [0, 0.05) is 5.69 Å². The number of rotatable bonds is 2. The van der Waals surface area contributed by atoms with E-state index in [0.717, 1.165) is 30.7 Å². The molecule has 2 aromatic heterocycles. The Bertz CT molecular complexity index is 772. The van der Waals surface area contributed by atoms with E-state index in [0.29, 0.717) is 0 Å². The van der Waals surface area contributed by atoms with Crippen molar-refractivity contribution in [3.63, 3.8) is 0 Å². The molecule has 1 aromatic carbocycles. The van der Waals surface area contributed by atoms with Crippen molar-refractivity contribution in [2.45, 2.75) is 23.1 Å². The third-order valence-electron chi connectivity index (χ3n) is 2.77. The molecule has 3 nitrogen and oxygen atoms in total. The third-order valence-corrected chi connectivity index (χ3v) is 5.08. The molecule has 19 heavy (non-hydrogen) atoms. The summed E-state index contributed by atoms with van der Waals surface area (Å²) >= 11 is 3.05. The van der Waals surface area contributed by atoms with Crippen molar-refractivity contribution in [1.29, 1.82) is 0 Å². The fraction of sp³-hybridized carbons (Fsp3) is 0.143. The van der Waals surface area contributed by atoms with Crippen molar-refractivity contribution in [2.24, 2.45) is 0 Å². The maximum Gasteiger partial charge on any atom is 0.262 e. The number of H-pyrrole nitrogens is 1. The number of nitrogens with zero attached hydrogens (tertiary/aromatic N) is 1. The van der Waals surface area contributed by atoms with Crippen LogP contribution in [-0.4, -0.2) is 9.97 Å². The van der Waals surface area contributed by atoms with Crippen molar-refractivity contribution < 1.29 is 0 Å². The van der Waals surface area contributed by atoms with Crippen LogP contribution in [0.3, 0.4) is 0 Å². The monoisotopic (exact) mass is 288 g/mol. The fourth-order valence-electron chi connectivity index (χ4n) is 1.95. The van der Waals surface area contributed by atoms with Crippen molar-refractivity contribution in [2.75, 3.05) is 0 Å². The highest BCUT2D eigenvalue weighted by molar-refractivity contribution is 8.01. The average molecular weight is 288 g/mol. The SMILES string of the molecule is Cc1cc(C)c(Sc2nc3ccccc3s2)c(=O)[nH]1. The molecule has 2 heterocycles. The second-order valence-corrected chi connectivity index (χ2v) is 6.63. The smallest absolute Gasteiger partial charge is 0.262 e. The summed E-state index contributed by atoms with van der Waals surface area (Å²) in [7, 11) is 0. The van der Waals surface area contributed by atoms with Crippen LogP contribution in [0, 0.1) is 13.8 Å². The summed E-state index contributed by atoms with van der Waals surface area (Å²) in [6.07, 6.45) is 0. The Hall–Kier alpha value is -1.59. The van der Waals surface area contributed by atoms with Gasteiger partial charge in [-0.3, -0.25) is 4.79 Å². The van der Waals surface area contributed by atoms with Gasteiger partial charge in [0.05, 0.1) is 15.1 Å². The summed E-state index contributed by atoms with van der Waals surface area (Å²) in [5.74, 6) is 0. The Morgan fingerprint density at radius 2 is 2.05 bits per heavy atom. The second kappa shape index (κ2) is 4.83. The van der Waals surface area contributed by atoms with Gasteiger partial charge in [-0.05, 0) is 37.6 Å². The van der Waals surface area contributed by atoms with E-state index in [4.69, 9.17) is 0 Å². The van der Waals surface area contributed by atoms with Gasteiger partial charge in [-0.25, -0.2) is 4.98 Å². The van der Waals surface area contributed by atoms with Crippen molar-refractivity contribution >= 4 is 33.3 Å². The Balaban J connectivity index is 2.03. The Labute approximate surface area is 118 Å². The van der Waals surface area contributed by atoms with Gasteiger partial charge in [0.1, 0.15) is 0 Å². The number of hydrogen-bond donors (Lipinski definition) is 1. The molecule has 96 valence electrons. The fourth-order valence-corrected chi connectivity index (χ4v) is 4.02. The standard InChI is InChI=1S/C14H12N2OS2/c1-8-7-9(2)15-13(17)12(8)19-14-16-10-5-3-4-6-11(10)18-14/h3-7H,1-2H3,(H,15,17). The lowest BCUT2D eigenvalue weighted by Gasteiger charge is -2.02. The van der Waals surface area contributed by atoms with E-state index in [2.05, 4.69) is 9.97 Å². The van der Waals surface area contributed by atoms with Crippen LogP contribution in [0.4, 0.5) is 0 Å². The van der Waals surface area contributed by atoms with Crippen LogP contribution < -0.4 is 5.56 Å². The first kappa shape index (κ1) is 12.4. The van der Waals surface area contributed by atoms with Gasteiger partial charge in [0.15, 0.2) is 4.34 Å². The van der Waals surface area contributed by atoms with Gasteiger partial charge >= 0.3 is 0 Å². The quantitative estimate of drug-likeness (QED) is 0.781. The van der Waals surface area contributed by atoms with E-state index in [1.165, 1.54) is 11.8 Å². The Morgan fingerprint density at radius 1 is 1.26 bits per heavy atom. The summed E-state index contributed by atoms with van der Waals surface area (Å²) < 4.78 is 2.05. The van der Waals surface area contributed by atoms with E-state index in [1.807, 2.05) is 44.2 Å². The van der Waals surface area contributed by atoms with Crippen molar-refractivity contribution in [1.82, 2.24) is 9.97 Å². The van der Waals surface area contributed by atoms with E-state index in [9.17, 15) is 4.79 Å². The van der Waals surface area contributed by atoms with Crippen LogP contribution in [0.15, 0.2) is 44.4 Å². The minimum absolute atomic E-state index is 0.0400. The summed E-state index contributed by atoms with van der Waals surface area (Å²) in [6, 6.07) is 9.99. The topological polar surface area (TPSA) is 45.8 Å². The number of benzene rings is 1. The zero-order valence-electron chi connectivity index (χ0n) is 10.6. The minimum Gasteiger partial charge on any atom is -0.326 e. The van der Waals surface area contributed by atoms with Gasteiger partial charge in [0.25, 0.3) is 5.56 Å². The Morgan fingerprint density at radius 3 is 2.79 bits per heavy atom. The molecular weight excluding hydrogens is 276 g/mol. The van der Waals surface area contributed by atoms with Gasteiger partial charge in [-0.15, -0.1) is 11.3 Å². The first-order chi connectivity index (χ1) is 9.13. The molecule has 0 atom stereocenters. The molecule has 0 saturated heterocycles. The predicted molar refractivity (Wildman–Crippen MR) is 80.3 cm³/mol. The van der Waals surface area contributed by atoms with E-state index in [-0.39, 0.29) is 5.56 Å². The number of para-hydroxylation sites is 1. The molecule has 0 bridgehead atoms. The molecule has 0 saturated carbocycles. The number of fused-ring (bicyclic) bond motifs is 1. The highest BCUT2D eigenvalue weighted by Gasteiger charge is 2.10. The lowest BCUT2D eigenvalue weighted by atomic mass is 10.2. The van der Waals surface area contributed by atoms with Crippen LogP contribution in [0.25, 0.3) is 10.2 Å². The number of nitrogens with one attached hydrogen (secondary N) is 1. The predicted octanol–water partition coefficient (Wildman–Crippen LogP) is 3.75. The van der Waals surface area contributed by atoms with E-state index >= 15 is 0 Å². The summed E-state index contributed by atoms with van der Waals surface area (Å²) in [5.41, 5.74) is 2.82. The van der Waals surface area contributed by atoms with Crippen LogP contribution in [-0.2, 0) is 0 Å². The molecule has 0 radical (unpaired) electrons. The van der Waals surface area contributed by atoms with Crippen molar-refractivity contribution in [3.05, 3.63) is 51.9 Å². The highest BCUT2D eigenvalue weighted by atomic mass is 32.2. The summed E-state index contributed by atoms with van der Waals surface area (Å²) in [4.78, 5) is 20.1. The molecule has 0 amide bonds. The third kappa shape index (κ3) is 2.43. The highest BCUT2D eigenvalue weighted by Crippen LogP contribution is 2.33. The number of aromatic nitrogens is 2. The Kier molecular flexibility index (Phi) is 3.16. The maximum absolute atomic E-state index is 12.0. The minimum atomic E-state index is -0.0400. The van der Waals surface area contributed by atoms with Crippen LogP contribution in [0.5, 0.6) is 0 Å². The molecule has 0 aliphatic heterocycles. The molecule has 0 unspecified atom stereocenters. The van der Waals surface area contributed by atoms with Crippen LogP contribution in [0.1, 0.15) is 11.3 Å². The number of aryl methyl sites for hydroxylation is 2. The number of hydrogen-bond acceptors (Lipinski definition) is 4. The lowest BCUT2D eigenvalue weighted by molar-refractivity contribution is 1.04. The van der Waals surface area contributed by atoms with Gasteiger partial charge < -0.3 is 4.98 Å². The molecule has 0 aliphatic carbocycles. The summed E-state index contributed by atoms with van der Waals surface area (Å²) in [6.45, 7) is 3.85. The molecule has 5 heteroatoms. The van der Waals surface area contributed by atoms with Gasteiger partial charge in [0.2, 0.25) is 0 Å². The molecule has 3 aromatic rings. The molecule has 0 aliphatic rings. The first-order valence-corrected chi connectivity index (χ1v) is 7.51. The van der Waals surface area contributed by atoms with E-state index < -0.39 is 0 Å². The normalized spacial score (nSPS) is 11.1. The van der Waals surface area contributed by atoms with Crippen molar-refractivity contribution in [3.8, 4) is 0 Å². The van der Waals surface area contributed by atoms with Crippen LogP contribution in [0.2, 0.25) is 0 Å².